The van der Waals surface area contributed by atoms with Crippen LogP contribution in [0.25, 0.3) is 0 Å². The molecule has 0 amide bonds. The molecule has 0 bridgehead atoms. The number of nitrogens with two attached hydrogens (primary N) is 1. The van der Waals surface area contributed by atoms with Crippen molar-refractivity contribution in [3.63, 3.8) is 0 Å². The Kier molecular flexibility index (Phi) is 8.94. The van der Waals surface area contributed by atoms with E-state index in [1.807, 2.05) is 12.1 Å². The van der Waals surface area contributed by atoms with E-state index in [9.17, 15) is 0 Å². The highest BCUT2D eigenvalue weighted by Gasteiger charge is 2.22. The second-order valence-corrected chi connectivity index (χ2v) is 5.54. The minimum atomic E-state index is 0.192. The number of ether oxygens (including phenoxy) is 2. The van der Waals surface area contributed by atoms with Crippen LogP contribution in [0.4, 0.5) is 0 Å². The van der Waals surface area contributed by atoms with Crippen LogP contribution in [-0.4, -0.2) is 38.3 Å². The third-order valence-electron chi connectivity index (χ3n) is 3.73. The van der Waals surface area contributed by atoms with Crippen LogP contribution in [0.1, 0.15) is 51.6 Å². The van der Waals surface area contributed by atoms with Gasteiger partial charge in [0.1, 0.15) is 11.5 Å². The number of rotatable bonds is 11. The average Bonchev–Trinajstić information content (AvgIpc) is 2.54. The molecule has 0 fully saturated rings. The van der Waals surface area contributed by atoms with Crippen LogP contribution in [0.5, 0.6) is 11.5 Å². The maximum atomic E-state index is 6.11. The molecule has 22 heavy (non-hydrogen) atoms. The van der Waals surface area contributed by atoms with Gasteiger partial charge in [-0.2, -0.15) is 0 Å². The minimum absolute atomic E-state index is 0.192. The van der Waals surface area contributed by atoms with Crippen molar-refractivity contribution in [3.05, 3.63) is 23.8 Å². The monoisotopic (exact) mass is 308 g/mol. The molecule has 1 rings (SSSR count). The summed E-state index contributed by atoms with van der Waals surface area (Å²) in [6.45, 7) is 9.93. The average molecular weight is 308 g/mol. The highest BCUT2D eigenvalue weighted by atomic mass is 16.5. The zero-order chi connectivity index (χ0) is 16.4. The Bertz CT molecular complexity index is 418. The molecule has 0 aromatic heterocycles. The number of methoxy groups -OCH3 is 1. The summed E-state index contributed by atoms with van der Waals surface area (Å²) in [6, 6.07) is 6.26. The van der Waals surface area contributed by atoms with E-state index in [0.29, 0.717) is 13.2 Å². The Morgan fingerprint density at radius 1 is 1.09 bits per heavy atom. The van der Waals surface area contributed by atoms with Crippen LogP contribution in [-0.2, 0) is 0 Å². The summed E-state index contributed by atoms with van der Waals surface area (Å²) in [5.74, 6) is 1.72. The molecule has 0 radical (unpaired) electrons. The smallest absolute Gasteiger partial charge is 0.127 e. The molecular formula is C18H32N2O2. The first kappa shape index (κ1) is 18.8. The van der Waals surface area contributed by atoms with E-state index < -0.39 is 0 Å². The third kappa shape index (κ3) is 5.18. The molecule has 1 aromatic carbocycles. The molecule has 126 valence electrons. The van der Waals surface area contributed by atoms with Gasteiger partial charge in [0.25, 0.3) is 0 Å². The van der Waals surface area contributed by atoms with Crippen molar-refractivity contribution in [2.24, 2.45) is 5.73 Å². The summed E-state index contributed by atoms with van der Waals surface area (Å²) in [7, 11) is 1.68. The first-order chi connectivity index (χ1) is 10.7. The molecule has 0 saturated heterocycles. The Labute approximate surface area is 135 Å². The molecule has 0 heterocycles. The molecular weight excluding hydrogens is 276 g/mol. The van der Waals surface area contributed by atoms with Crippen LogP contribution < -0.4 is 15.2 Å². The van der Waals surface area contributed by atoms with Gasteiger partial charge in [-0.3, -0.25) is 4.90 Å². The van der Waals surface area contributed by atoms with Crippen LogP contribution in [0.15, 0.2) is 18.2 Å². The molecule has 2 N–H and O–H groups in total. The predicted octanol–water partition coefficient (Wildman–Crippen LogP) is 3.61. The van der Waals surface area contributed by atoms with Crippen molar-refractivity contribution in [1.82, 2.24) is 4.90 Å². The summed E-state index contributed by atoms with van der Waals surface area (Å²) >= 11 is 0. The van der Waals surface area contributed by atoms with E-state index >= 15 is 0 Å². The Balaban J connectivity index is 3.11. The van der Waals surface area contributed by atoms with Gasteiger partial charge < -0.3 is 15.2 Å². The molecule has 0 aliphatic heterocycles. The standard InChI is InChI=1S/C18H32N2O2/c1-5-10-20(11-6-2)17(14-19)16-9-8-15(21-4)13-18(16)22-12-7-3/h8-9,13,17H,5-7,10-12,14,19H2,1-4H3. The van der Waals surface area contributed by atoms with Gasteiger partial charge in [0.15, 0.2) is 0 Å². The first-order valence-electron chi connectivity index (χ1n) is 8.46. The SMILES string of the molecule is CCCOc1cc(OC)ccc1C(CN)N(CCC)CCC. The summed E-state index contributed by atoms with van der Waals surface area (Å²) in [5.41, 5.74) is 7.27. The molecule has 0 saturated carbocycles. The largest absolute Gasteiger partial charge is 0.497 e. The second-order valence-electron chi connectivity index (χ2n) is 5.54. The van der Waals surface area contributed by atoms with E-state index in [1.165, 1.54) is 5.56 Å². The third-order valence-corrected chi connectivity index (χ3v) is 3.73. The van der Waals surface area contributed by atoms with Crippen molar-refractivity contribution in [2.75, 3.05) is 33.4 Å². The van der Waals surface area contributed by atoms with Gasteiger partial charge in [-0.25, -0.2) is 0 Å². The summed E-state index contributed by atoms with van der Waals surface area (Å²) in [6.07, 6.45) is 3.23. The fourth-order valence-corrected chi connectivity index (χ4v) is 2.72. The molecule has 1 atom stereocenters. The fourth-order valence-electron chi connectivity index (χ4n) is 2.72. The van der Waals surface area contributed by atoms with Gasteiger partial charge in [-0.15, -0.1) is 0 Å². The number of nitrogens with zero attached hydrogens (tertiary/aromatic N) is 1. The highest BCUT2D eigenvalue weighted by molar-refractivity contribution is 5.42. The maximum absolute atomic E-state index is 6.11. The van der Waals surface area contributed by atoms with Crippen LogP contribution in [0.3, 0.4) is 0 Å². The maximum Gasteiger partial charge on any atom is 0.127 e. The number of benzene rings is 1. The van der Waals surface area contributed by atoms with E-state index in [2.05, 4.69) is 31.7 Å². The molecule has 0 spiro atoms. The molecule has 1 unspecified atom stereocenters. The topological polar surface area (TPSA) is 47.7 Å². The van der Waals surface area contributed by atoms with Gasteiger partial charge in [0.2, 0.25) is 0 Å². The van der Waals surface area contributed by atoms with E-state index in [0.717, 1.165) is 43.9 Å². The van der Waals surface area contributed by atoms with Gasteiger partial charge in [0, 0.05) is 18.2 Å². The Hall–Kier alpha value is -1.26. The van der Waals surface area contributed by atoms with E-state index in [4.69, 9.17) is 15.2 Å². The van der Waals surface area contributed by atoms with Crippen molar-refractivity contribution in [1.29, 1.82) is 0 Å². The fraction of sp³-hybridized carbons (Fsp3) is 0.667. The van der Waals surface area contributed by atoms with Crippen LogP contribution in [0, 0.1) is 0 Å². The van der Waals surface area contributed by atoms with E-state index in [-0.39, 0.29) is 6.04 Å². The Morgan fingerprint density at radius 3 is 2.27 bits per heavy atom. The van der Waals surface area contributed by atoms with E-state index in [1.54, 1.807) is 7.11 Å². The van der Waals surface area contributed by atoms with Gasteiger partial charge in [-0.05, 0) is 38.4 Å². The number of hydrogen-bond acceptors (Lipinski definition) is 4. The first-order valence-corrected chi connectivity index (χ1v) is 8.46. The summed E-state index contributed by atoms with van der Waals surface area (Å²) in [5, 5.41) is 0. The van der Waals surface area contributed by atoms with Crippen LogP contribution in [0.2, 0.25) is 0 Å². The van der Waals surface area contributed by atoms with Crippen molar-refractivity contribution in [2.45, 2.75) is 46.1 Å². The van der Waals surface area contributed by atoms with Gasteiger partial charge in [0.05, 0.1) is 19.8 Å². The van der Waals surface area contributed by atoms with Gasteiger partial charge >= 0.3 is 0 Å². The lowest BCUT2D eigenvalue weighted by Gasteiger charge is -2.32. The summed E-state index contributed by atoms with van der Waals surface area (Å²) in [4.78, 5) is 2.46. The zero-order valence-electron chi connectivity index (χ0n) is 14.6. The quantitative estimate of drug-likeness (QED) is 0.678. The van der Waals surface area contributed by atoms with Crippen molar-refractivity contribution < 1.29 is 9.47 Å². The van der Waals surface area contributed by atoms with Crippen molar-refractivity contribution in [3.8, 4) is 11.5 Å². The molecule has 1 aromatic rings. The molecule has 4 nitrogen and oxygen atoms in total. The molecule has 4 heteroatoms. The van der Waals surface area contributed by atoms with Gasteiger partial charge in [-0.1, -0.05) is 26.8 Å². The predicted molar refractivity (Wildman–Crippen MR) is 92.7 cm³/mol. The Morgan fingerprint density at radius 2 is 1.77 bits per heavy atom. The summed E-state index contributed by atoms with van der Waals surface area (Å²) < 4.78 is 11.3. The van der Waals surface area contributed by atoms with Crippen molar-refractivity contribution >= 4 is 0 Å². The normalized spacial score (nSPS) is 12.5. The molecule has 0 aliphatic carbocycles. The van der Waals surface area contributed by atoms with Crippen LogP contribution >= 0.6 is 0 Å². The second kappa shape index (κ2) is 10.5. The lowest BCUT2D eigenvalue weighted by Crippen LogP contribution is -2.35. The molecule has 0 aliphatic rings. The zero-order valence-corrected chi connectivity index (χ0v) is 14.6. The highest BCUT2D eigenvalue weighted by Crippen LogP contribution is 2.32. The lowest BCUT2D eigenvalue weighted by molar-refractivity contribution is 0.195. The number of hydrogen-bond donors (Lipinski definition) is 1. The minimum Gasteiger partial charge on any atom is -0.497 e. The lowest BCUT2D eigenvalue weighted by atomic mass is 10.0.